The molecule has 0 unspecified atom stereocenters. The smallest absolute Gasteiger partial charge is 0.237 e. The fourth-order valence-corrected chi connectivity index (χ4v) is 3.76. The minimum absolute atomic E-state index is 0.107. The molecule has 1 amide bonds. The van der Waals surface area contributed by atoms with Gasteiger partial charge in [0.1, 0.15) is 22.0 Å². The van der Waals surface area contributed by atoms with E-state index in [0.29, 0.717) is 0 Å². The molecule has 118 valence electrons. The first kappa shape index (κ1) is 16.2. The topological polar surface area (TPSA) is 54.9 Å². The third-order valence-electron chi connectivity index (χ3n) is 3.07. The van der Waals surface area contributed by atoms with Crippen LogP contribution >= 0.6 is 34.7 Å². The molecule has 1 N–H and O–H groups in total. The molecule has 0 aliphatic rings. The number of hydrogen-bond donors (Lipinski definition) is 1. The van der Waals surface area contributed by atoms with E-state index >= 15 is 0 Å². The molecule has 0 bridgehead atoms. The minimum atomic E-state index is -0.565. The highest BCUT2D eigenvalue weighted by Crippen LogP contribution is 2.31. The number of amides is 1. The highest BCUT2D eigenvalue weighted by atomic mass is 35.5. The monoisotopic (exact) mass is 367 g/mol. The standard InChI is InChI=1S/C15H11ClFN3OS2/c1-8(13(21)20-12-3-2-9(16)6-11(12)17)23-15-10-4-5-22-14(10)18-7-19-15/h2-8H,1H3,(H,20,21)/t8-/m1/s1. The first-order valence-electron chi connectivity index (χ1n) is 6.65. The van der Waals surface area contributed by atoms with Gasteiger partial charge < -0.3 is 5.32 Å². The highest BCUT2D eigenvalue weighted by Gasteiger charge is 2.18. The van der Waals surface area contributed by atoms with Gasteiger partial charge in [-0.25, -0.2) is 14.4 Å². The zero-order chi connectivity index (χ0) is 16.4. The number of hydrogen-bond acceptors (Lipinski definition) is 5. The lowest BCUT2D eigenvalue weighted by atomic mass is 10.3. The SMILES string of the molecule is C[C@@H](Sc1ncnc2sccc12)C(=O)Nc1ccc(Cl)cc1F. The number of anilines is 1. The van der Waals surface area contributed by atoms with Gasteiger partial charge in [-0.1, -0.05) is 23.4 Å². The van der Waals surface area contributed by atoms with Crippen LogP contribution < -0.4 is 5.32 Å². The molecule has 0 saturated heterocycles. The van der Waals surface area contributed by atoms with Gasteiger partial charge in [0.25, 0.3) is 0 Å². The number of nitrogens with zero attached hydrogens (tertiary/aromatic N) is 2. The molecule has 23 heavy (non-hydrogen) atoms. The normalized spacial score (nSPS) is 12.3. The van der Waals surface area contributed by atoms with Crippen molar-refractivity contribution in [1.82, 2.24) is 9.97 Å². The molecule has 0 radical (unpaired) electrons. The maximum Gasteiger partial charge on any atom is 0.237 e. The maximum atomic E-state index is 13.7. The van der Waals surface area contributed by atoms with E-state index < -0.39 is 11.1 Å². The van der Waals surface area contributed by atoms with Crippen LogP contribution in [0.3, 0.4) is 0 Å². The van der Waals surface area contributed by atoms with Crippen LogP contribution in [0.15, 0.2) is 41.0 Å². The number of carbonyl (C=O) groups is 1. The predicted molar refractivity (Wildman–Crippen MR) is 92.8 cm³/mol. The second-order valence-electron chi connectivity index (χ2n) is 4.69. The lowest BCUT2D eigenvalue weighted by Crippen LogP contribution is -2.23. The summed E-state index contributed by atoms with van der Waals surface area (Å²) < 4.78 is 13.7. The number of fused-ring (bicyclic) bond motifs is 1. The van der Waals surface area contributed by atoms with E-state index in [9.17, 15) is 9.18 Å². The molecule has 1 atom stereocenters. The van der Waals surface area contributed by atoms with Gasteiger partial charge in [-0.05, 0) is 36.6 Å². The Balaban J connectivity index is 1.74. The highest BCUT2D eigenvalue weighted by molar-refractivity contribution is 8.00. The second kappa shape index (κ2) is 6.82. The Morgan fingerprint density at radius 2 is 2.22 bits per heavy atom. The van der Waals surface area contributed by atoms with E-state index in [1.54, 1.807) is 6.92 Å². The van der Waals surface area contributed by atoms with Gasteiger partial charge in [-0.3, -0.25) is 4.79 Å². The zero-order valence-electron chi connectivity index (χ0n) is 11.9. The van der Waals surface area contributed by atoms with Crippen molar-refractivity contribution in [2.45, 2.75) is 17.2 Å². The number of nitrogens with one attached hydrogen (secondary N) is 1. The fraction of sp³-hybridized carbons (Fsp3) is 0.133. The number of rotatable bonds is 4. The van der Waals surface area contributed by atoms with E-state index in [4.69, 9.17) is 11.6 Å². The summed E-state index contributed by atoms with van der Waals surface area (Å²) in [5, 5.41) is 5.98. The van der Waals surface area contributed by atoms with Crippen molar-refractivity contribution in [3.8, 4) is 0 Å². The summed E-state index contributed by atoms with van der Waals surface area (Å²) in [5.74, 6) is -0.872. The molecule has 0 aliphatic carbocycles. The van der Waals surface area contributed by atoms with Crippen LogP contribution in [0.25, 0.3) is 10.2 Å². The van der Waals surface area contributed by atoms with E-state index in [1.807, 2.05) is 11.4 Å². The Labute approximate surface area is 145 Å². The third-order valence-corrected chi connectivity index (χ3v) is 5.24. The quantitative estimate of drug-likeness (QED) is 0.540. The van der Waals surface area contributed by atoms with Gasteiger partial charge in [0.15, 0.2) is 0 Å². The van der Waals surface area contributed by atoms with Crippen LogP contribution in [0.1, 0.15) is 6.92 Å². The van der Waals surface area contributed by atoms with Crippen LogP contribution in [0.5, 0.6) is 0 Å². The van der Waals surface area contributed by atoms with Gasteiger partial charge in [-0.2, -0.15) is 0 Å². The molecular formula is C15H11ClFN3OS2. The number of halogens is 2. The summed E-state index contributed by atoms with van der Waals surface area (Å²) in [7, 11) is 0. The van der Waals surface area contributed by atoms with Crippen molar-refractivity contribution < 1.29 is 9.18 Å². The summed E-state index contributed by atoms with van der Waals surface area (Å²) in [6.45, 7) is 1.74. The molecule has 0 aliphatic heterocycles. The first-order chi connectivity index (χ1) is 11.0. The third kappa shape index (κ3) is 3.63. The van der Waals surface area contributed by atoms with Gasteiger partial charge in [0.05, 0.1) is 10.9 Å². The molecule has 0 spiro atoms. The lowest BCUT2D eigenvalue weighted by Gasteiger charge is -2.12. The average molecular weight is 368 g/mol. The number of aromatic nitrogens is 2. The molecule has 0 saturated carbocycles. The summed E-state index contributed by atoms with van der Waals surface area (Å²) in [6, 6.07) is 6.05. The van der Waals surface area contributed by atoms with Crippen LogP contribution in [-0.4, -0.2) is 21.1 Å². The number of thioether (sulfide) groups is 1. The molecule has 1 aromatic carbocycles. The molecule has 2 heterocycles. The summed E-state index contributed by atoms with van der Waals surface area (Å²) in [5.41, 5.74) is 0.107. The van der Waals surface area contributed by atoms with Crippen molar-refractivity contribution >= 4 is 56.5 Å². The molecule has 0 fully saturated rings. The van der Waals surface area contributed by atoms with Crippen molar-refractivity contribution in [2.24, 2.45) is 0 Å². The molecular weight excluding hydrogens is 357 g/mol. The second-order valence-corrected chi connectivity index (χ2v) is 7.35. The zero-order valence-corrected chi connectivity index (χ0v) is 14.3. The Kier molecular flexibility index (Phi) is 4.79. The van der Waals surface area contributed by atoms with Crippen molar-refractivity contribution in [3.63, 3.8) is 0 Å². The van der Waals surface area contributed by atoms with E-state index in [1.165, 1.54) is 41.6 Å². The van der Waals surface area contributed by atoms with Gasteiger partial charge in [-0.15, -0.1) is 11.3 Å². The van der Waals surface area contributed by atoms with Gasteiger partial charge in [0, 0.05) is 10.4 Å². The van der Waals surface area contributed by atoms with Crippen molar-refractivity contribution in [3.05, 3.63) is 46.8 Å². The number of carbonyl (C=O) groups excluding carboxylic acids is 1. The number of benzene rings is 1. The van der Waals surface area contributed by atoms with Gasteiger partial charge >= 0.3 is 0 Å². The molecule has 8 heteroatoms. The Bertz CT molecular complexity index is 871. The number of thiophene rings is 1. The first-order valence-corrected chi connectivity index (χ1v) is 8.79. The van der Waals surface area contributed by atoms with Crippen LogP contribution in [0.2, 0.25) is 5.02 Å². The Morgan fingerprint density at radius 1 is 1.39 bits per heavy atom. The van der Waals surface area contributed by atoms with Crippen molar-refractivity contribution in [1.29, 1.82) is 0 Å². The summed E-state index contributed by atoms with van der Waals surface area (Å²) in [6.07, 6.45) is 1.48. The molecule has 3 rings (SSSR count). The van der Waals surface area contributed by atoms with E-state index in [2.05, 4.69) is 15.3 Å². The van der Waals surface area contributed by atoms with Crippen LogP contribution in [-0.2, 0) is 4.79 Å². The lowest BCUT2D eigenvalue weighted by molar-refractivity contribution is -0.115. The fourth-order valence-electron chi connectivity index (χ4n) is 1.91. The molecule has 4 nitrogen and oxygen atoms in total. The van der Waals surface area contributed by atoms with Crippen LogP contribution in [0.4, 0.5) is 10.1 Å². The molecule has 2 aromatic heterocycles. The summed E-state index contributed by atoms with van der Waals surface area (Å²) in [4.78, 5) is 21.5. The largest absolute Gasteiger partial charge is 0.323 e. The predicted octanol–water partition coefficient (Wildman–Crippen LogP) is 4.60. The summed E-state index contributed by atoms with van der Waals surface area (Å²) >= 11 is 8.52. The Hall–Kier alpha value is -1.70. The minimum Gasteiger partial charge on any atom is -0.323 e. The van der Waals surface area contributed by atoms with E-state index in [0.717, 1.165) is 21.3 Å². The maximum absolute atomic E-state index is 13.7. The molecule has 3 aromatic rings. The van der Waals surface area contributed by atoms with Gasteiger partial charge in [0.2, 0.25) is 5.91 Å². The average Bonchev–Trinajstić information content (AvgIpc) is 2.99. The van der Waals surface area contributed by atoms with Crippen molar-refractivity contribution in [2.75, 3.05) is 5.32 Å². The Morgan fingerprint density at radius 3 is 3.00 bits per heavy atom. The van der Waals surface area contributed by atoms with E-state index in [-0.39, 0.29) is 16.6 Å². The van der Waals surface area contributed by atoms with Crippen LogP contribution in [0, 0.1) is 5.82 Å².